The van der Waals surface area contributed by atoms with Crippen LogP contribution < -0.4 is 4.74 Å². The van der Waals surface area contributed by atoms with Gasteiger partial charge in [-0.15, -0.1) is 0 Å². The summed E-state index contributed by atoms with van der Waals surface area (Å²) < 4.78 is 10.2. The number of oxazole rings is 1. The van der Waals surface area contributed by atoms with E-state index in [0.29, 0.717) is 12.0 Å². The maximum absolute atomic E-state index is 11.0. The van der Waals surface area contributed by atoms with E-state index < -0.39 is 0 Å². The number of para-hydroxylation sites is 1. The molecule has 0 unspecified atom stereocenters. The van der Waals surface area contributed by atoms with Gasteiger partial charge in [-0.2, -0.15) is 4.98 Å². The number of hydrogen-bond acceptors (Lipinski definition) is 4. The van der Waals surface area contributed by atoms with E-state index in [1.807, 2.05) is 19.1 Å². The van der Waals surface area contributed by atoms with E-state index in [0.717, 1.165) is 11.1 Å². The Hall–Kier alpha value is -1.84. The van der Waals surface area contributed by atoms with Crippen molar-refractivity contribution < 1.29 is 13.9 Å². The fourth-order valence-electron chi connectivity index (χ4n) is 1.28. The van der Waals surface area contributed by atoms with Crippen LogP contribution in [0.5, 0.6) is 6.08 Å². The molecule has 4 nitrogen and oxygen atoms in total. The molecular weight excluding hydrogens is 194 g/mol. The van der Waals surface area contributed by atoms with Crippen molar-refractivity contribution in [1.82, 2.24) is 4.98 Å². The summed E-state index contributed by atoms with van der Waals surface area (Å²) in [6.45, 7) is 3.65. The van der Waals surface area contributed by atoms with Gasteiger partial charge in [0.25, 0.3) is 0 Å². The van der Waals surface area contributed by atoms with E-state index in [1.54, 1.807) is 13.0 Å². The first kappa shape index (κ1) is 9.71. The number of fused-ring (bicyclic) bond motifs is 1. The van der Waals surface area contributed by atoms with Crippen LogP contribution in [0.3, 0.4) is 0 Å². The number of esters is 1. The lowest BCUT2D eigenvalue weighted by Gasteiger charge is -1.93. The van der Waals surface area contributed by atoms with Gasteiger partial charge in [0, 0.05) is 6.42 Å². The summed E-state index contributed by atoms with van der Waals surface area (Å²) in [5, 5.41) is 0. The van der Waals surface area contributed by atoms with Crippen molar-refractivity contribution in [3.8, 4) is 6.08 Å². The van der Waals surface area contributed by atoms with E-state index in [4.69, 9.17) is 9.15 Å². The Morgan fingerprint density at radius 2 is 2.33 bits per heavy atom. The normalized spacial score (nSPS) is 10.5. The van der Waals surface area contributed by atoms with Crippen molar-refractivity contribution in [3.63, 3.8) is 0 Å². The van der Waals surface area contributed by atoms with Gasteiger partial charge in [0.15, 0.2) is 5.58 Å². The van der Waals surface area contributed by atoms with Crippen molar-refractivity contribution in [3.05, 3.63) is 23.8 Å². The quantitative estimate of drug-likeness (QED) is 0.706. The lowest BCUT2D eigenvalue weighted by molar-refractivity contribution is -0.135. The van der Waals surface area contributed by atoms with Crippen LogP contribution in [0.25, 0.3) is 11.1 Å². The third kappa shape index (κ3) is 1.83. The largest absolute Gasteiger partial charge is 0.409 e. The molecule has 4 heteroatoms. The van der Waals surface area contributed by atoms with Gasteiger partial charge < -0.3 is 9.15 Å². The van der Waals surface area contributed by atoms with Crippen molar-refractivity contribution in [1.29, 1.82) is 0 Å². The van der Waals surface area contributed by atoms with Crippen molar-refractivity contribution in [2.24, 2.45) is 0 Å². The monoisotopic (exact) mass is 205 g/mol. The van der Waals surface area contributed by atoms with E-state index in [-0.39, 0.29) is 12.0 Å². The second kappa shape index (κ2) is 3.73. The molecule has 1 heterocycles. The molecule has 15 heavy (non-hydrogen) atoms. The molecule has 2 rings (SSSR count). The highest BCUT2D eigenvalue weighted by molar-refractivity contribution is 5.77. The van der Waals surface area contributed by atoms with E-state index >= 15 is 0 Å². The Morgan fingerprint density at radius 3 is 3.00 bits per heavy atom. The smallest absolute Gasteiger partial charge is 0.402 e. The minimum Gasteiger partial charge on any atom is -0.409 e. The van der Waals surface area contributed by atoms with Gasteiger partial charge in [-0.05, 0) is 18.6 Å². The van der Waals surface area contributed by atoms with E-state index in [1.165, 1.54) is 0 Å². The molecule has 2 aromatic rings. The standard InChI is InChI=1S/C11H11NO3/c1-3-9(13)15-11-12-10-7(2)5-4-6-8(10)14-11/h4-6H,3H2,1-2H3. The molecule has 0 aliphatic heterocycles. The van der Waals surface area contributed by atoms with Gasteiger partial charge in [-0.1, -0.05) is 19.1 Å². The number of carbonyl (C=O) groups excluding carboxylic acids is 1. The van der Waals surface area contributed by atoms with Crippen LogP contribution in [-0.4, -0.2) is 11.0 Å². The number of aryl methyl sites for hydroxylation is 1. The summed E-state index contributed by atoms with van der Waals surface area (Å²) in [5.74, 6) is -0.348. The Morgan fingerprint density at radius 1 is 1.53 bits per heavy atom. The van der Waals surface area contributed by atoms with Crippen LogP contribution in [-0.2, 0) is 4.79 Å². The molecule has 0 spiro atoms. The predicted molar refractivity (Wildman–Crippen MR) is 54.7 cm³/mol. The van der Waals surface area contributed by atoms with Gasteiger partial charge in [-0.25, -0.2) is 0 Å². The summed E-state index contributed by atoms with van der Waals surface area (Å²) >= 11 is 0. The molecule has 0 amide bonds. The zero-order valence-corrected chi connectivity index (χ0v) is 8.61. The number of hydrogen-bond donors (Lipinski definition) is 0. The highest BCUT2D eigenvalue weighted by atomic mass is 16.6. The Bertz CT molecular complexity index is 502. The highest BCUT2D eigenvalue weighted by Gasteiger charge is 2.11. The van der Waals surface area contributed by atoms with Crippen LogP contribution >= 0.6 is 0 Å². The van der Waals surface area contributed by atoms with E-state index in [2.05, 4.69) is 4.98 Å². The fraction of sp³-hybridized carbons (Fsp3) is 0.273. The summed E-state index contributed by atoms with van der Waals surface area (Å²) in [4.78, 5) is 15.1. The number of rotatable bonds is 2. The summed E-state index contributed by atoms with van der Waals surface area (Å²) in [6.07, 6.45) is 0.323. The Labute approximate surface area is 86.9 Å². The fourth-order valence-corrected chi connectivity index (χ4v) is 1.28. The van der Waals surface area contributed by atoms with Crippen LogP contribution in [0.1, 0.15) is 18.9 Å². The van der Waals surface area contributed by atoms with Gasteiger partial charge in [0.05, 0.1) is 0 Å². The van der Waals surface area contributed by atoms with Gasteiger partial charge in [0.1, 0.15) is 5.52 Å². The Balaban J connectivity index is 2.39. The zero-order chi connectivity index (χ0) is 10.8. The first-order valence-electron chi connectivity index (χ1n) is 4.77. The average Bonchev–Trinajstić information content (AvgIpc) is 2.62. The lowest BCUT2D eigenvalue weighted by Crippen LogP contribution is -2.05. The number of ether oxygens (including phenoxy) is 1. The van der Waals surface area contributed by atoms with Gasteiger partial charge >= 0.3 is 12.0 Å². The molecule has 0 N–H and O–H groups in total. The van der Waals surface area contributed by atoms with Gasteiger partial charge in [0.2, 0.25) is 0 Å². The maximum atomic E-state index is 11.0. The third-order valence-corrected chi connectivity index (χ3v) is 2.09. The van der Waals surface area contributed by atoms with Crippen LogP contribution in [0.15, 0.2) is 22.6 Å². The molecule has 0 aliphatic carbocycles. The molecule has 0 aliphatic rings. The number of aromatic nitrogens is 1. The molecule has 78 valence electrons. The molecule has 0 saturated heterocycles. The molecule has 1 aromatic carbocycles. The second-order valence-corrected chi connectivity index (χ2v) is 3.23. The first-order chi connectivity index (χ1) is 7.20. The summed E-state index contributed by atoms with van der Waals surface area (Å²) in [6, 6.07) is 5.59. The molecule has 0 saturated carbocycles. The van der Waals surface area contributed by atoms with Crippen LogP contribution in [0.4, 0.5) is 0 Å². The van der Waals surface area contributed by atoms with Crippen molar-refractivity contribution in [2.45, 2.75) is 20.3 Å². The second-order valence-electron chi connectivity index (χ2n) is 3.23. The SMILES string of the molecule is CCC(=O)Oc1nc2c(C)cccc2o1. The number of benzene rings is 1. The van der Waals surface area contributed by atoms with Crippen molar-refractivity contribution in [2.75, 3.05) is 0 Å². The zero-order valence-electron chi connectivity index (χ0n) is 8.61. The minimum absolute atomic E-state index is 0.0196. The van der Waals surface area contributed by atoms with E-state index in [9.17, 15) is 4.79 Å². The maximum Gasteiger partial charge on any atom is 0.402 e. The number of nitrogens with zero attached hydrogens (tertiary/aromatic N) is 1. The van der Waals surface area contributed by atoms with Crippen LogP contribution in [0, 0.1) is 6.92 Å². The summed E-state index contributed by atoms with van der Waals surface area (Å²) in [5.41, 5.74) is 2.36. The topological polar surface area (TPSA) is 52.3 Å². The lowest BCUT2D eigenvalue weighted by atomic mass is 10.2. The third-order valence-electron chi connectivity index (χ3n) is 2.09. The minimum atomic E-state index is -0.348. The highest BCUT2D eigenvalue weighted by Crippen LogP contribution is 2.23. The number of carbonyl (C=O) groups is 1. The molecule has 0 bridgehead atoms. The first-order valence-corrected chi connectivity index (χ1v) is 4.77. The molecule has 1 aromatic heterocycles. The predicted octanol–water partition coefficient (Wildman–Crippen LogP) is 2.45. The molecular formula is C11H11NO3. The average molecular weight is 205 g/mol. The van der Waals surface area contributed by atoms with Crippen molar-refractivity contribution >= 4 is 17.1 Å². The summed E-state index contributed by atoms with van der Waals surface area (Å²) in [7, 11) is 0. The molecule has 0 fully saturated rings. The molecule has 0 atom stereocenters. The van der Waals surface area contributed by atoms with Gasteiger partial charge in [-0.3, -0.25) is 4.79 Å². The molecule has 0 radical (unpaired) electrons. The van der Waals surface area contributed by atoms with Crippen LogP contribution in [0.2, 0.25) is 0 Å². The Kier molecular flexibility index (Phi) is 2.41.